The van der Waals surface area contributed by atoms with Gasteiger partial charge in [-0.3, -0.25) is 9.52 Å². The molecule has 0 saturated heterocycles. The lowest BCUT2D eigenvalue weighted by Gasteiger charge is -2.15. The Balaban J connectivity index is 1.78. The van der Waals surface area contributed by atoms with Gasteiger partial charge < -0.3 is 14.5 Å². The molecule has 0 amide bonds. The quantitative estimate of drug-likeness (QED) is 0.173. The molecule has 1 unspecified atom stereocenters. The molecule has 0 spiro atoms. The number of sulfonamides is 1. The fraction of sp³-hybridized carbons (Fsp3) is 0.433. The zero-order chi connectivity index (χ0) is 29.6. The number of aryl methyl sites for hydroxylation is 1. The summed E-state index contributed by atoms with van der Waals surface area (Å²) < 4.78 is 41.8. The highest BCUT2D eigenvalue weighted by Gasteiger charge is 2.23. The first kappa shape index (κ1) is 30.1. The van der Waals surface area contributed by atoms with Gasteiger partial charge in [-0.25, -0.2) is 17.9 Å². The van der Waals surface area contributed by atoms with Crippen molar-refractivity contribution in [3.8, 4) is 22.9 Å². The lowest BCUT2D eigenvalue weighted by molar-refractivity contribution is 0.341. The molecule has 4 aromatic rings. The number of aromatic amines is 1. The van der Waals surface area contributed by atoms with Gasteiger partial charge in [-0.2, -0.15) is 0 Å². The molecule has 4 rings (SSSR count). The van der Waals surface area contributed by atoms with E-state index in [0.29, 0.717) is 40.6 Å². The monoisotopic (exact) mass is 581 g/mol. The number of ether oxygens (including phenoxy) is 2. The van der Waals surface area contributed by atoms with E-state index in [1.807, 2.05) is 13.8 Å². The number of nitrogens with one attached hydrogen (secondary N) is 2. The Morgan fingerprint density at radius 3 is 2.46 bits per heavy atom. The Morgan fingerprint density at radius 2 is 1.80 bits per heavy atom. The maximum Gasteiger partial charge on any atom is 0.277 e. The van der Waals surface area contributed by atoms with Crippen LogP contribution < -0.4 is 19.8 Å². The van der Waals surface area contributed by atoms with Crippen LogP contribution in [0.5, 0.6) is 11.5 Å². The van der Waals surface area contributed by atoms with E-state index >= 15 is 0 Å². The van der Waals surface area contributed by atoms with Crippen molar-refractivity contribution >= 4 is 21.2 Å². The van der Waals surface area contributed by atoms with E-state index < -0.39 is 10.0 Å². The topological polar surface area (TPSA) is 128 Å². The SMILES string of the molecule is CCCCCCC(CC)c1nc(C)c2c(=O)[nH]c(-c3cc(S(=O)(=O)Nc4ccc(OC)cc4)ccc3OCC)nn12. The van der Waals surface area contributed by atoms with Gasteiger partial charge in [0.15, 0.2) is 11.3 Å². The van der Waals surface area contributed by atoms with E-state index in [-0.39, 0.29) is 22.2 Å². The lowest BCUT2D eigenvalue weighted by atomic mass is 9.97. The number of anilines is 1. The van der Waals surface area contributed by atoms with Gasteiger partial charge in [0.2, 0.25) is 0 Å². The number of methoxy groups -OCH3 is 1. The first-order chi connectivity index (χ1) is 19.7. The zero-order valence-corrected chi connectivity index (χ0v) is 25.2. The summed E-state index contributed by atoms with van der Waals surface area (Å²) in [5.74, 6) is 2.10. The summed E-state index contributed by atoms with van der Waals surface area (Å²) >= 11 is 0. The van der Waals surface area contributed by atoms with Gasteiger partial charge >= 0.3 is 0 Å². The molecule has 0 aliphatic rings. The van der Waals surface area contributed by atoms with Gasteiger partial charge in [-0.15, -0.1) is 5.10 Å². The molecule has 2 heterocycles. The molecular formula is C30H39N5O5S. The van der Waals surface area contributed by atoms with Crippen molar-refractivity contribution in [1.82, 2.24) is 19.6 Å². The summed E-state index contributed by atoms with van der Waals surface area (Å²) in [5, 5.41) is 4.80. The van der Waals surface area contributed by atoms with Crippen LogP contribution in [0.1, 0.15) is 76.7 Å². The number of H-pyrrole nitrogens is 1. The van der Waals surface area contributed by atoms with Gasteiger partial charge in [0, 0.05) is 11.6 Å². The normalized spacial score (nSPS) is 12.4. The van der Waals surface area contributed by atoms with Gasteiger partial charge in [0.05, 0.1) is 29.9 Å². The highest BCUT2D eigenvalue weighted by atomic mass is 32.2. The average molecular weight is 582 g/mol. The van der Waals surface area contributed by atoms with Crippen molar-refractivity contribution in [3.63, 3.8) is 0 Å². The van der Waals surface area contributed by atoms with E-state index in [2.05, 4.69) is 23.6 Å². The zero-order valence-electron chi connectivity index (χ0n) is 24.4. The molecule has 11 heteroatoms. The van der Waals surface area contributed by atoms with Crippen molar-refractivity contribution in [3.05, 3.63) is 64.3 Å². The summed E-state index contributed by atoms with van der Waals surface area (Å²) in [6.45, 7) is 8.29. The van der Waals surface area contributed by atoms with Crippen LogP contribution in [0.15, 0.2) is 52.2 Å². The standard InChI is InChI=1S/C30H39N5O5S/c1-6-9-10-11-12-21(7-2)29-31-20(4)27-30(36)32-28(33-35(27)29)25-19-24(17-18-26(25)40-8-3)41(37,38)34-22-13-15-23(39-5)16-14-22/h13-19,21,34H,6-12H2,1-5H3,(H,32,33,36). The molecule has 2 aromatic heterocycles. The number of hydrogen-bond donors (Lipinski definition) is 2. The molecule has 1 atom stereocenters. The van der Waals surface area contributed by atoms with Crippen molar-refractivity contribution in [2.45, 2.75) is 77.0 Å². The van der Waals surface area contributed by atoms with Crippen LogP contribution in [0.25, 0.3) is 16.9 Å². The van der Waals surface area contributed by atoms with Crippen LogP contribution in [0, 0.1) is 6.92 Å². The molecule has 0 fully saturated rings. The van der Waals surface area contributed by atoms with E-state index in [1.54, 1.807) is 42.0 Å². The molecule has 2 aromatic carbocycles. The minimum absolute atomic E-state index is 0.00101. The Kier molecular flexibility index (Phi) is 9.69. The Labute approximate surface area is 241 Å². The van der Waals surface area contributed by atoms with Gasteiger partial charge in [-0.1, -0.05) is 39.5 Å². The Morgan fingerprint density at radius 1 is 1.05 bits per heavy atom. The Bertz CT molecular complexity index is 1640. The third-order valence-electron chi connectivity index (χ3n) is 7.12. The van der Waals surface area contributed by atoms with Crippen molar-refractivity contribution < 1.29 is 17.9 Å². The second-order valence-electron chi connectivity index (χ2n) is 10.00. The molecule has 0 radical (unpaired) electrons. The molecule has 0 aliphatic heterocycles. The van der Waals surface area contributed by atoms with Gasteiger partial charge in [0.25, 0.3) is 15.6 Å². The maximum absolute atomic E-state index is 13.3. The molecule has 0 bridgehead atoms. The fourth-order valence-electron chi connectivity index (χ4n) is 4.93. The minimum atomic E-state index is -3.97. The third-order valence-corrected chi connectivity index (χ3v) is 8.50. The number of benzene rings is 2. The molecule has 0 saturated carbocycles. The second-order valence-corrected chi connectivity index (χ2v) is 11.7. The summed E-state index contributed by atoms with van der Waals surface area (Å²) in [4.78, 5) is 20.9. The highest BCUT2D eigenvalue weighted by Crippen LogP contribution is 2.32. The van der Waals surface area contributed by atoms with Crippen LogP contribution in [0.4, 0.5) is 5.69 Å². The van der Waals surface area contributed by atoms with Crippen molar-refractivity contribution in [2.75, 3.05) is 18.4 Å². The number of rotatable bonds is 14. The molecule has 2 N–H and O–H groups in total. The predicted octanol–water partition coefficient (Wildman–Crippen LogP) is 6.07. The molecular weight excluding hydrogens is 542 g/mol. The molecule has 0 aliphatic carbocycles. The predicted molar refractivity (Wildman–Crippen MR) is 161 cm³/mol. The smallest absolute Gasteiger partial charge is 0.277 e. The second kappa shape index (κ2) is 13.2. The van der Waals surface area contributed by atoms with E-state index in [4.69, 9.17) is 19.6 Å². The number of imidazole rings is 1. The highest BCUT2D eigenvalue weighted by molar-refractivity contribution is 7.92. The number of hydrogen-bond acceptors (Lipinski definition) is 7. The van der Waals surface area contributed by atoms with Crippen LogP contribution >= 0.6 is 0 Å². The number of fused-ring (bicyclic) bond motifs is 1. The van der Waals surface area contributed by atoms with E-state index in [1.165, 1.54) is 18.6 Å². The summed E-state index contributed by atoms with van der Waals surface area (Å²) in [7, 11) is -2.43. The maximum atomic E-state index is 13.3. The first-order valence-corrected chi connectivity index (χ1v) is 15.6. The van der Waals surface area contributed by atoms with Gasteiger partial charge in [0.1, 0.15) is 17.3 Å². The first-order valence-electron chi connectivity index (χ1n) is 14.2. The molecule has 220 valence electrons. The van der Waals surface area contributed by atoms with Crippen molar-refractivity contribution in [1.29, 1.82) is 0 Å². The lowest BCUT2D eigenvalue weighted by Crippen LogP contribution is -2.17. The van der Waals surface area contributed by atoms with E-state index in [9.17, 15) is 13.2 Å². The molecule has 10 nitrogen and oxygen atoms in total. The fourth-order valence-corrected chi connectivity index (χ4v) is 6.01. The van der Waals surface area contributed by atoms with Crippen molar-refractivity contribution in [2.24, 2.45) is 0 Å². The third kappa shape index (κ3) is 6.73. The minimum Gasteiger partial charge on any atom is -0.497 e. The summed E-state index contributed by atoms with van der Waals surface area (Å²) in [5.41, 5.74) is 1.39. The average Bonchev–Trinajstić information content (AvgIpc) is 3.30. The number of unbranched alkanes of at least 4 members (excludes halogenated alkanes) is 3. The van der Waals surface area contributed by atoms with Gasteiger partial charge in [-0.05, 0) is 69.2 Å². The van der Waals surface area contributed by atoms with Crippen LogP contribution in [0.2, 0.25) is 0 Å². The van der Waals surface area contributed by atoms with Crippen LogP contribution in [-0.4, -0.2) is 41.7 Å². The molecule has 41 heavy (non-hydrogen) atoms. The Hall–Kier alpha value is -3.86. The van der Waals surface area contributed by atoms with Crippen LogP contribution in [0.3, 0.4) is 0 Å². The number of aromatic nitrogens is 4. The van der Waals surface area contributed by atoms with E-state index in [0.717, 1.165) is 37.9 Å². The summed E-state index contributed by atoms with van der Waals surface area (Å²) in [6.07, 6.45) is 6.39. The summed E-state index contributed by atoms with van der Waals surface area (Å²) in [6, 6.07) is 11.1. The largest absolute Gasteiger partial charge is 0.497 e. The van der Waals surface area contributed by atoms with Crippen LogP contribution in [-0.2, 0) is 10.0 Å². The number of nitrogens with zero attached hydrogens (tertiary/aromatic N) is 3.